The molecule has 6 nitrogen and oxygen atoms in total. The molecule has 1 aromatic heterocycles. The van der Waals surface area contributed by atoms with Crippen LogP contribution in [-0.4, -0.2) is 24.1 Å². The van der Waals surface area contributed by atoms with Gasteiger partial charge in [-0.3, -0.25) is 9.48 Å². The van der Waals surface area contributed by atoms with E-state index in [0.29, 0.717) is 29.6 Å². The number of nitrogens with zero attached hydrogens (tertiary/aromatic N) is 2. The molecule has 1 N–H and O–H groups in total. The first-order chi connectivity index (χ1) is 10.3. The van der Waals surface area contributed by atoms with E-state index in [1.54, 1.807) is 20.9 Å². The van der Waals surface area contributed by atoms with Gasteiger partial charge in [0.15, 0.2) is 0 Å². The number of carbonyl (C=O) groups excluding carboxylic acids is 1. The molecule has 2 saturated carbocycles. The van der Waals surface area contributed by atoms with Crippen LogP contribution in [0.5, 0.6) is 0 Å². The summed E-state index contributed by atoms with van der Waals surface area (Å²) in [4.78, 5) is 12.3. The molecule has 3 unspecified atom stereocenters. The van der Waals surface area contributed by atoms with Crippen molar-refractivity contribution in [3.05, 3.63) is 11.4 Å². The van der Waals surface area contributed by atoms with E-state index >= 15 is 0 Å². The number of amides is 1. The zero-order valence-corrected chi connectivity index (χ0v) is 14.1. The van der Waals surface area contributed by atoms with Crippen molar-refractivity contribution in [1.82, 2.24) is 14.5 Å². The van der Waals surface area contributed by atoms with Gasteiger partial charge in [0.2, 0.25) is 5.91 Å². The second-order valence-electron chi connectivity index (χ2n) is 6.79. The fourth-order valence-electron chi connectivity index (χ4n) is 4.25. The lowest BCUT2D eigenvalue weighted by atomic mass is 9.86. The monoisotopic (exact) mass is 325 g/mol. The van der Waals surface area contributed by atoms with E-state index in [0.717, 1.165) is 12.3 Å². The topological polar surface area (TPSA) is 81.1 Å². The number of hydrogen-bond donors (Lipinski definition) is 1. The van der Waals surface area contributed by atoms with Crippen molar-refractivity contribution >= 4 is 15.9 Å². The van der Waals surface area contributed by atoms with E-state index in [1.165, 1.54) is 23.9 Å². The highest BCUT2D eigenvalue weighted by Gasteiger charge is 2.40. The van der Waals surface area contributed by atoms with E-state index in [2.05, 4.69) is 9.82 Å². The highest BCUT2D eigenvalue weighted by Crippen LogP contribution is 2.49. The van der Waals surface area contributed by atoms with Crippen LogP contribution in [-0.2, 0) is 21.9 Å². The van der Waals surface area contributed by atoms with Gasteiger partial charge in [-0.1, -0.05) is 6.42 Å². The molecule has 1 amide bonds. The summed E-state index contributed by atoms with van der Waals surface area (Å²) >= 11 is 0. The van der Waals surface area contributed by atoms with Crippen LogP contribution in [0.3, 0.4) is 0 Å². The van der Waals surface area contributed by atoms with E-state index in [-0.39, 0.29) is 10.8 Å². The quantitative estimate of drug-likeness (QED) is 0.913. The van der Waals surface area contributed by atoms with Crippen LogP contribution in [0.2, 0.25) is 0 Å². The second kappa shape index (κ2) is 5.37. The maximum atomic E-state index is 12.4. The van der Waals surface area contributed by atoms with Crippen molar-refractivity contribution in [3.63, 3.8) is 0 Å². The smallest absolute Gasteiger partial charge is 0.267 e. The van der Waals surface area contributed by atoms with Crippen molar-refractivity contribution in [2.24, 2.45) is 24.8 Å². The highest BCUT2D eigenvalue weighted by molar-refractivity contribution is 7.90. The Morgan fingerprint density at radius 2 is 2.05 bits per heavy atom. The number of aryl methyl sites for hydroxylation is 2. The van der Waals surface area contributed by atoms with Gasteiger partial charge in [-0.15, -0.1) is 0 Å². The minimum absolute atomic E-state index is 0.122. The van der Waals surface area contributed by atoms with Crippen LogP contribution in [0.25, 0.3) is 0 Å². The van der Waals surface area contributed by atoms with Crippen LogP contribution >= 0.6 is 0 Å². The van der Waals surface area contributed by atoms with Crippen LogP contribution in [0, 0.1) is 31.6 Å². The van der Waals surface area contributed by atoms with E-state index in [4.69, 9.17) is 0 Å². The van der Waals surface area contributed by atoms with Gasteiger partial charge in [-0.25, -0.2) is 13.1 Å². The molecule has 2 aliphatic carbocycles. The molecule has 2 fully saturated rings. The van der Waals surface area contributed by atoms with E-state index in [1.807, 2.05) is 0 Å². The lowest BCUT2D eigenvalue weighted by molar-refractivity contribution is -0.120. The summed E-state index contributed by atoms with van der Waals surface area (Å²) in [5.41, 5.74) is 0.956. The first-order valence-electron chi connectivity index (χ1n) is 7.83. The number of carbonyl (C=O) groups is 1. The maximum absolute atomic E-state index is 12.4. The van der Waals surface area contributed by atoms with Crippen molar-refractivity contribution in [2.45, 2.75) is 50.8 Å². The van der Waals surface area contributed by atoms with Crippen molar-refractivity contribution in [3.8, 4) is 0 Å². The van der Waals surface area contributed by atoms with Gasteiger partial charge in [0, 0.05) is 13.5 Å². The Kier molecular flexibility index (Phi) is 3.79. The Morgan fingerprint density at radius 3 is 2.55 bits per heavy atom. The summed E-state index contributed by atoms with van der Waals surface area (Å²) in [6.45, 7) is 3.33. The molecule has 2 aliphatic rings. The van der Waals surface area contributed by atoms with Gasteiger partial charge in [0.25, 0.3) is 10.0 Å². The van der Waals surface area contributed by atoms with Crippen molar-refractivity contribution in [1.29, 1.82) is 0 Å². The maximum Gasteiger partial charge on any atom is 0.267 e. The van der Waals surface area contributed by atoms with Crippen LogP contribution in [0.15, 0.2) is 4.90 Å². The fourth-order valence-corrected chi connectivity index (χ4v) is 5.69. The molecule has 0 aliphatic heterocycles. The van der Waals surface area contributed by atoms with Gasteiger partial charge < -0.3 is 0 Å². The lowest BCUT2D eigenvalue weighted by Gasteiger charge is -2.20. The van der Waals surface area contributed by atoms with Crippen LogP contribution < -0.4 is 4.72 Å². The first kappa shape index (κ1) is 15.5. The minimum atomic E-state index is -3.84. The van der Waals surface area contributed by atoms with Crippen LogP contribution in [0.4, 0.5) is 0 Å². The zero-order chi connectivity index (χ0) is 16.1. The third-order valence-corrected chi connectivity index (χ3v) is 6.92. The lowest BCUT2D eigenvalue weighted by Crippen LogP contribution is -2.33. The minimum Gasteiger partial charge on any atom is -0.274 e. The Morgan fingerprint density at radius 1 is 1.32 bits per heavy atom. The SMILES string of the molecule is Cc1nn(C)c(C)c1S(=O)(=O)NC(=O)CC1CC2CCC1C2. The summed E-state index contributed by atoms with van der Waals surface area (Å²) in [5, 5.41) is 4.10. The first-order valence-corrected chi connectivity index (χ1v) is 9.32. The fraction of sp³-hybridized carbons (Fsp3) is 0.733. The van der Waals surface area contributed by atoms with Gasteiger partial charge >= 0.3 is 0 Å². The third kappa shape index (κ3) is 2.66. The predicted octanol–water partition coefficient (Wildman–Crippen LogP) is 1.67. The number of sulfonamides is 1. The Bertz CT molecular complexity index is 708. The van der Waals surface area contributed by atoms with Gasteiger partial charge in [0.05, 0.1) is 11.4 Å². The van der Waals surface area contributed by atoms with E-state index < -0.39 is 10.0 Å². The Hall–Kier alpha value is -1.37. The van der Waals surface area contributed by atoms with Crippen LogP contribution in [0.1, 0.15) is 43.5 Å². The van der Waals surface area contributed by atoms with Gasteiger partial charge in [-0.2, -0.15) is 5.10 Å². The molecule has 0 saturated heterocycles. The molecule has 0 aromatic carbocycles. The number of nitrogens with one attached hydrogen (secondary N) is 1. The molecular formula is C15H23N3O3S. The normalized spacial score (nSPS) is 27.3. The molecule has 122 valence electrons. The largest absolute Gasteiger partial charge is 0.274 e. The average Bonchev–Trinajstić information content (AvgIpc) is 3.04. The average molecular weight is 325 g/mol. The predicted molar refractivity (Wildman–Crippen MR) is 81.6 cm³/mol. The molecule has 1 heterocycles. The number of rotatable bonds is 4. The Labute approximate surface area is 131 Å². The summed E-state index contributed by atoms with van der Waals surface area (Å²) in [5.74, 6) is 1.33. The number of fused-ring (bicyclic) bond motifs is 2. The van der Waals surface area contributed by atoms with Crippen molar-refractivity contribution < 1.29 is 13.2 Å². The molecule has 1 aromatic rings. The molecule has 22 heavy (non-hydrogen) atoms. The molecule has 0 radical (unpaired) electrons. The highest BCUT2D eigenvalue weighted by atomic mass is 32.2. The molecular weight excluding hydrogens is 302 g/mol. The summed E-state index contributed by atoms with van der Waals surface area (Å²) in [6.07, 6.45) is 5.07. The van der Waals surface area contributed by atoms with E-state index in [9.17, 15) is 13.2 Å². The molecule has 3 atom stereocenters. The summed E-state index contributed by atoms with van der Waals surface area (Å²) < 4.78 is 28.6. The summed E-state index contributed by atoms with van der Waals surface area (Å²) in [6, 6.07) is 0. The molecule has 0 spiro atoms. The molecule has 7 heteroatoms. The van der Waals surface area contributed by atoms with Gasteiger partial charge in [0.1, 0.15) is 4.90 Å². The van der Waals surface area contributed by atoms with Gasteiger partial charge in [-0.05, 0) is 50.9 Å². The number of hydrogen-bond acceptors (Lipinski definition) is 4. The molecule has 2 bridgehead atoms. The number of aromatic nitrogens is 2. The molecule has 3 rings (SSSR count). The zero-order valence-electron chi connectivity index (χ0n) is 13.3. The third-order valence-electron chi connectivity index (χ3n) is 5.29. The second-order valence-corrected chi connectivity index (χ2v) is 8.41. The van der Waals surface area contributed by atoms with Crippen molar-refractivity contribution in [2.75, 3.05) is 0 Å². The summed E-state index contributed by atoms with van der Waals surface area (Å²) in [7, 11) is -2.14. The Balaban J connectivity index is 1.70. The standard InChI is InChI=1S/C15H23N3O3S/c1-9-15(10(2)18(3)16-9)22(20,21)17-14(19)8-13-7-11-4-5-12(13)6-11/h11-13H,4-8H2,1-3H3,(H,17,19).